The highest BCUT2D eigenvalue weighted by Crippen LogP contribution is 2.28. The van der Waals surface area contributed by atoms with E-state index >= 15 is 0 Å². The molecule has 0 unspecified atom stereocenters. The number of ether oxygens (including phenoxy) is 3. The molecule has 11 nitrogen and oxygen atoms in total. The quantitative estimate of drug-likeness (QED) is 0.202. The molecular weight excluding hydrogens is 510 g/mol. The van der Waals surface area contributed by atoms with Gasteiger partial charge in [0.2, 0.25) is 11.8 Å². The van der Waals surface area contributed by atoms with Gasteiger partial charge in [-0.3, -0.25) is 9.59 Å². The number of anilines is 1. The van der Waals surface area contributed by atoms with Crippen molar-refractivity contribution >= 4 is 41.3 Å². The van der Waals surface area contributed by atoms with Crippen molar-refractivity contribution < 1.29 is 28.6 Å². The number of carbonyl (C=O) groups excluding carboxylic acids is 3. The first-order valence-corrected chi connectivity index (χ1v) is 12.6. The van der Waals surface area contributed by atoms with Crippen molar-refractivity contribution in [3.8, 4) is 11.5 Å². The van der Waals surface area contributed by atoms with Gasteiger partial charge in [-0.15, -0.1) is 10.2 Å². The van der Waals surface area contributed by atoms with Gasteiger partial charge in [0.05, 0.1) is 44.9 Å². The third kappa shape index (κ3) is 7.35. The fourth-order valence-electron chi connectivity index (χ4n) is 3.42. The van der Waals surface area contributed by atoms with Crippen LogP contribution in [0.2, 0.25) is 0 Å². The van der Waals surface area contributed by atoms with E-state index in [4.69, 9.17) is 14.2 Å². The summed E-state index contributed by atoms with van der Waals surface area (Å²) >= 11 is 1.20. The van der Waals surface area contributed by atoms with E-state index in [0.717, 1.165) is 5.56 Å². The van der Waals surface area contributed by atoms with Crippen molar-refractivity contribution in [1.82, 2.24) is 20.1 Å². The van der Waals surface area contributed by atoms with Crippen LogP contribution in [-0.4, -0.2) is 59.6 Å². The Morgan fingerprint density at radius 2 is 1.79 bits per heavy atom. The van der Waals surface area contributed by atoms with Crippen molar-refractivity contribution in [2.45, 2.75) is 25.2 Å². The SMILES string of the molecule is CCn1c(CNC(=O)/C=C/c2ccc(OC)c(OC)c2)nnc1SCC(=O)Nc1ccccc1C(=O)OC. The molecule has 2 aromatic carbocycles. The van der Waals surface area contributed by atoms with Crippen LogP contribution < -0.4 is 20.1 Å². The summed E-state index contributed by atoms with van der Waals surface area (Å²) in [6, 6.07) is 11.9. The number of thioether (sulfide) groups is 1. The van der Waals surface area contributed by atoms with Crippen LogP contribution in [0.3, 0.4) is 0 Å². The van der Waals surface area contributed by atoms with E-state index in [-0.39, 0.29) is 29.7 Å². The molecule has 2 amide bonds. The Morgan fingerprint density at radius 1 is 1.03 bits per heavy atom. The van der Waals surface area contributed by atoms with Gasteiger partial charge in [0, 0.05) is 12.6 Å². The number of carbonyl (C=O) groups is 3. The fourth-order valence-corrected chi connectivity index (χ4v) is 4.25. The summed E-state index contributed by atoms with van der Waals surface area (Å²) in [5.74, 6) is 0.621. The van der Waals surface area contributed by atoms with Crippen LogP contribution in [-0.2, 0) is 27.4 Å². The number of aromatic nitrogens is 3. The average molecular weight is 540 g/mol. The van der Waals surface area contributed by atoms with Gasteiger partial charge in [0.25, 0.3) is 0 Å². The van der Waals surface area contributed by atoms with E-state index < -0.39 is 5.97 Å². The summed E-state index contributed by atoms with van der Waals surface area (Å²) in [5.41, 5.74) is 1.41. The molecule has 1 heterocycles. The normalized spacial score (nSPS) is 10.7. The van der Waals surface area contributed by atoms with Crippen LogP contribution in [0.15, 0.2) is 53.7 Å². The monoisotopic (exact) mass is 539 g/mol. The fraction of sp³-hybridized carbons (Fsp3) is 0.269. The summed E-state index contributed by atoms with van der Waals surface area (Å²) < 4.78 is 17.1. The molecule has 0 saturated carbocycles. The van der Waals surface area contributed by atoms with Gasteiger partial charge < -0.3 is 29.4 Å². The largest absolute Gasteiger partial charge is 0.493 e. The van der Waals surface area contributed by atoms with E-state index in [2.05, 4.69) is 20.8 Å². The maximum Gasteiger partial charge on any atom is 0.339 e. The Labute approximate surface area is 224 Å². The van der Waals surface area contributed by atoms with Gasteiger partial charge >= 0.3 is 5.97 Å². The highest BCUT2D eigenvalue weighted by atomic mass is 32.2. The third-order valence-electron chi connectivity index (χ3n) is 5.30. The number of nitrogens with zero attached hydrogens (tertiary/aromatic N) is 3. The molecule has 200 valence electrons. The molecule has 0 bridgehead atoms. The number of rotatable bonds is 12. The van der Waals surface area contributed by atoms with Crippen molar-refractivity contribution in [2.75, 3.05) is 32.4 Å². The van der Waals surface area contributed by atoms with Crippen LogP contribution >= 0.6 is 11.8 Å². The number of amides is 2. The lowest BCUT2D eigenvalue weighted by molar-refractivity contribution is -0.116. The number of benzene rings is 2. The molecule has 0 spiro atoms. The lowest BCUT2D eigenvalue weighted by atomic mass is 10.2. The molecule has 0 aliphatic heterocycles. The Hall–Kier alpha value is -4.32. The minimum Gasteiger partial charge on any atom is -0.493 e. The Morgan fingerprint density at radius 3 is 2.50 bits per heavy atom. The van der Waals surface area contributed by atoms with Crippen LogP contribution in [0.4, 0.5) is 5.69 Å². The Bertz CT molecular complexity index is 1320. The second-order valence-electron chi connectivity index (χ2n) is 7.68. The molecule has 1 aromatic heterocycles. The van der Waals surface area contributed by atoms with Crippen molar-refractivity contribution in [2.24, 2.45) is 0 Å². The van der Waals surface area contributed by atoms with Crippen LogP contribution in [0.25, 0.3) is 6.08 Å². The van der Waals surface area contributed by atoms with E-state index in [9.17, 15) is 14.4 Å². The van der Waals surface area contributed by atoms with Gasteiger partial charge in [-0.25, -0.2) is 4.79 Å². The number of hydrogen-bond donors (Lipinski definition) is 2. The third-order valence-corrected chi connectivity index (χ3v) is 6.27. The van der Waals surface area contributed by atoms with Crippen LogP contribution in [0.1, 0.15) is 28.7 Å². The van der Waals surface area contributed by atoms with E-state index in [1.54, 1.807) is 56.7 Å². The van der Waals surface area contributed by atoms with E-state index in [0.29, 0.717) is 34.7 Å². The first-order chi connectivity index (χ1) is 18.4. The molecule has 0 fully saturated rings. The highest BCUT2D eigenvalue weighted by molar-refractivity contribution is 7.99. The smallest absolute Gasteiger partial charge is 0.339 e. The molecule has 3 aromatic rings. The number of para-hydroxylation sites is 1. The minimum absolute atomic E-state index is 0.0497. The summed E-state index contributed by atoms with van der Waals surface area (Å²) in [4.78, 5) is 36.8. The summed E-state index contributed by atoms with van der Waals surface area (Å²) in [6.07, 6.45) is 3.08. The zero-order valence-electron chi connectivity index (χ0n) is 21.5. The number of esters is 1. The van der Waals surface area contributed by atoms with Gasteiger partial charge in [-0.2, -0.15) is 0 Å². The number of methoxy groups -OCH3 is 3. The average Bonchev–Trinajstić information content (AvgIpc) is 3.35. The molecule has 0 aliphatic carbocycles. The second-order valence-corrected chi connectivity index (χ2v) is 8.63. The molecule has 2 N–H and O–H groups in total. The first kappa shape index (κ1) is 28.3. The molecule has 12 heteroatoms. The van der Waals surface area contributed by atoms with Crippen LogP contribution in [0.5, 0.6) is 11.5 Å². The van der Waals surface area contributed by atoms with E-state index in [1.165, 1.54) is 24.9 Å². The standard InChI is InChI=1S/C26H29N5O6S/c1-5-31-22(15-27-23(32)13-11-17-10-12-20(35-2)21(14-17)36-3)29-30-26(31)38-16-24(33)28-19-9-7-6-8-18(19)25(34)37-4/h6-14H,5,15-16H2,1-4H3,(H,27,32)(H,28,33)/b13-11+. The molecule has 0 radical (unpaired) electrons. The zero-order valence-corrected chi connectivity index (χ0v) is 22.3. The topological polar surface area (TPSA) is 134 Å². The van der Waals surface area contributed by atoms with Gasteiger partial charge in [0.15, 0.2) is 22.5 Å². The van der Waals surface area contributed by atoms with Crippen molar-refractivity contribution in [3.63, 3.8) is 0 Å². The zero-order chi connectivity index (χ0) is 27.5. The van der Waals surface area contributed by atoms with Crippen molar-refractivity contribution in [3.05, 3.63) is 65.5 Å². The predicted molar refractivity (Wildman–Crippen MR) is 143 cm³/mol. The summed E-state index contributed by atoms with van der Waals surface area (Å²) in [5, 5.41) is 14.4. The van der Waals surface area contributed by atoms with Gasteiger partial charge in [0.1, 0.15) is 0 Å². The lowest BCUT2D eigenvalue weighted by Crippen LogP contribution is -2.23. The summed E-state index contributed by atoms with van der Waals surface area (Å²) in [6.45, 7) is 2.63. The second kappa shape index (κ2) is 13.8. The lowest BCUT2D eigenvalue weighted by Gasteiger charge is -2.10. The molecule has 0 atom stereocenters. The number of hydrogen-bond acceptors (Lipinski definition) is 9. The highest BCUT2D eigenvalue weighted by Gasteiger charge is 2.16. The maximum absolute atomic E-state index is 12.5. The number of nitrogens with one attached hydrogen (secondary N) is 2. The van der Waals surface area contributed by atoms with Crippen LogP contribution in [0, 0.1) is 0 Å². The van der Waals surface area contributed by atoms with E-state index in [1.807, 2.05) is 17.6 Å². The Kier molecular flexibility index (Phi) is 10.3. The molecule has 0 aliphatic rings. The molecule has 3 rings (SSSR count). The summed E-state index contributed by atoms with van der Waals surface area (Å²) in [7, 11) is 4.38. The van der Waals surface area contributed by atoms with Gasteiger partial charge in [-0.1, -0.05) is 30.0 Å². The Balaban J connectivity index is 1.56. The molecular formula is C26H29N5O6S. The maximum atomic E-state index is 12.5. The minimum atomic E-state index is -0.537. The molecule has 0 saturated heterocycles. The van der Waals surface area contributed by atoms with Crippen molar-refractivity contribution in [1.29, 1.82) is 0 Å². The molecule has 38 heavy (non-hydrogen) atoms. The first-order valence-electron chi connectivity index (χ1n) is 11.6. The predicted octanol–water partition coefficient (Wildman–Crippen LogP) is 3.16. The van der Waals surface area contributed by atoms with Gasteiger partial charge in [-0.05, 0) is 42.8 Å².